The van der Waals surface area contributed by atoms with Crippen LogP contribution in [0.3, 0.4) is 0 Å². The van der Waals surface area contributed by atoms with Crippen molar-refractivity contribution in [3.05, 3.63) is 50.9 Å². The molecule has 0 aliphatic carbocycles. The van der Waals surface area contributed by atoms with Crippen molar-refractivity contribution >= 4 is 37.3 Å². The molecule has 1 aromatic carbocycles. The fourth-order valence-corrected chi connectivity index (χ4v) is 3.79. The first-order valence-electron chi connectivity index (χ1n) is 5.96. The van der Waals surface area contributed by atoms with Crippen LogP contribution in [0.2, 0.25) is 0 Å². The van der Waals surface area contributed by atoms with E-state index in [1.807, 2.05) is 0 Å². The van der Waals surface area contributed by atoms with Crippen molar-refractivity contribution in [1.29, 1.82) is 0 Å². The molecule has 0 saturated carbocycles. The molecule has 3 N–H and O–H groups in total. The molecule has 0 unspecified atom stereocenters. The number of nitrogens with two attached hydrogens (primary N) is 1. The first kappa shape index (κ1) is 15.6. The Kier molecular flexibility index (Phi) is 4.11. The van der Waals surface area contributed by atoms with Crippen molar-refractivity contribution < 1.29 is 8.42 Å². The zero-order valence-corrected chi connectivity index (χ0v) is 13.8. The molecule has 112 valence electrons. The number of hydrogen-bond acceptors (Lipinski definition) is 4. The zero-order chi connectivity index (χ0) is 15.8. The average Bonchev–Trinajstić information content (AvgIpc) is 2.37. The highest BCUT2D eigenvalue weighted by molar-refractivity contribution is 9.10. The SMILES string of the molecule is Cc1c(N)cc(Br)cc1S(=O)(=O)Nc1ccc(=O)n(C)c1. The smallest absolute Gasteiger partial charge is 0.262 e. The number of nitrogens with one attached hydrogen (secondary N) is 1. The Morgan fingerprint density at radius 1 is 1.29 bits per heavy atom. The van der Waals surface area contributed by atoms with Crippen LogP contribution in [0.4, 0.5) is 11.4 Å². The van der Waals surface area contributed by atoms with Crippen molar-refractivity contribution in [2.24, 2.45) is 7.05 Å². The predicted octanol–water partition coefficient (Wildman–Crippen LogP) is 1.84. The summed E-state index contributed by atoms with van der Waals surface area (Å²) in [6, 6.07) is 5.83. The van der Waals surface area contributed by atoms with Gasteiger partial charge in [0.1, 0.15) is 0 Å². The number of nitrogens with zero attached hydrogens (tertiary/aromatic N) is 1. The van der Waals surface area contributed by atoms with Gasteiger partial charge < -0.3 is 10.3 Å². The molecule has 2 rings (SSSR count). The van der Waals surface area contributed by atoms with Crippen LogP contribution in [0.15, 0.2) is 44.6 Å². The van der Waals surface area contributed by atoms with Gasteiger partial charge in [-0.15, -0.1) is 0 Å². The molecule has 1 heterocycles. The lowest BCUT2D eigenvalue weighted by molar-refractivity contribution is 0.600. The van der Waals surface area contributed by atoms with E-state index >= 15 is 0 Å². The summed E-state index contributed by atoms with van der Waals surface area (Å²) in [5.74, 6) is 0. The highest BCUT2D eigenvalue weighted by atomic mass is 79.9. The lowest BCUT2D eigenvalue weighted by Gasteiger charge is -2.13. The first-order valence-corrected chi connectivity index (χ1v) is 8.23. The number of hydrogen-bond donors (Lipinski definition) is 2. The van der Waals surface area contributed by atoms with E-state index in [-0.39, 0.29) is 10.5 Å². The summed E-state index contributed by atoms with van der Waals surface area (Å²) >= 11 is 3.23. The van der Waals surface area contributed by atoms with Crippen LogP contribution >= 0.6 is 15.9 Å². The summed E-state index contributed by atoms with van der Waals surface area (Å²) < 4.78 is 29.2. The number of rotatable bonds is 3. The average molecular weight is 372 g/mol. The Labute approximate surface area is 130 Å². The van der Waals surface area contributed by atoms with Gasteiger partial charge in [-0.25, -0.2) is 8.42 Å². The van der Waals surface area contributed by atoms with Gasteiger partial charge in [0, 0.05) is 29.5 Å². The predicted molar refractivity (Wildman–Crippen MR) is 85.8 cm³/mol. The monoisotopic (exact) mass is 371 g/mol. The van der Waals surface area contributed by atoms with Crippen molar-refractivity contribution in [1.82, 2.24) is 4.57 Å². The number of aromatic nitrogens is 1. The van der Waals surface area contributed by atoms with Crippen molar-refractivity contribution in [2.45, 2.75) is 11.8 Å². The van der Waals surface area contributed by atoms with E-state index in [4.69, 9.17) is 5.73 Å². The minimum absolute atomic E-state index is 0.0863. The summed E-state index contributed by atoms with van der Waals surface area (Å²) in [4.78, 5) is 11.4. The molecule has 8 heteroatoms. The van der Waals surface area contributed by atoms with Gasteiger partial charge in [0.25, 0.3) is 10.0 Å². The molecule has 1 aromatic heterocycles. The van der Waals surface area contributed by atoms with Crippen molar-refractivity contribution in [3.63, 3.8) is 0 Å². The normalized spacial score (nSPS) is 11.4. The molecule has 0 saturated heterocycles. The standard InChI is InChI=1S/C13H14BrN3O3S/c1-8-11(15)5-9(14)6-12(8)21(19,20)16-10-3-4-13(18)17(2)7-10/h3-7,16H,15H2,1-2H3. The molecular weight excluding hydrogens is 358 g/mol. The lowest BCUT2D eigenvalue weighted by atomic mass is 10.2. The van der Waals surface area contributed by atoms with E-state index in [9.17, 15) is 13.2 Å². The second kappa shape index (κ2) is 5.53. The maximum atomic E-state index is 12.4. The molecule has 0 fully saturated rings. The van der Waals surface area contributed by atoms with E-state index in [2.05, 4.69) is 20.7 Å². The van der Waals surface area contributed by atoms with Gasteiger partial charge in [-0.2, -0.15) is 0 Å². The summed E-state index contributed by atoms with van der Waals surface area (Å²) in [5.41, 5.74) is 6.72. The number of sulfonamides is 1. The highest BCUT2D eigenvalue weighted by Gasteiger charge is 2.19. The van der Waals surface area contributed by atoms with Crippen LogP contribution in [0.25, 0.3) is 0 Å². The molecule has 21 heavy (non-hydrogen) atoms. The van der Waals surface area contributed by atoms with Gasteiger partial charge in [0.2, 0.25) is 5.56 Å². The second-order valence-electron chi connectivity index (χ2n) is 4.59. The van der Waals surface area contributed by atoms with Crippen LogP contribution < -0.4 is 16.0 Å². The van der Waals surface area contributed by atoms with Crippen LogP contribution in [0.5, 0.6) is 0 Å². The molecular formula is C13H14BrN3O3S. The number of aryl methyl sites for hydroxylation is 1. The van der Waals surface area contributed by atoms with Crippen molar-refractivity contribution in [3.8, 4) is 0 Å². The third-order valence-corrected chi connectivity index (χ3v) is 4.96. The number of benzene rings is 1. The van der Waals surface area contributed by atoms with E-state index in [1.54, 1.807) is 20.0 Å². The van der Waals surface area contributed by atoms with E-state index in [0.717, 1.165) is 0 Å². The molecule has 0 aliphatic rings. The van der Waals surface area contributed by atoms with Gasteiger partial charge in [-0.3, -0.25) is 9.52 Å². The number of pyridine rings is 1. The zero-order valence-electron chi connectivity index (χ0n) is 11.4. The van der Waals surface area contributed by atoms with Crippen LogP contribution in [0, 0.1) is 6.92 Å². The fourth-order valence-electron chi connectivity index (χ4n) is 1.82. The molecule has 0 spiro atoms. The number of anilines is 2. The maximum absolute atomic E-state index is 12.4. The van der Waals surface area contributed by atoms with E-state index in [0.29, 0.717) is 21.4 Å². The van der Waals surface area contributed by atoms with Crippen LogP contribution in [-0.4, -0.2) is 13.0 Å². The molecule has 0 aliphatic heterocycles. The Morgan fingerprint density at radius 3 is 2.57 bits per heavy atom. The minimum Gasteiger partial charge on any atom is -0.398 e. The van der Waals surface area contributed by atoms with Gasteiger partial charge in [0.05, 0.1) is 10.6 Å². The van der Waals surface area contributed by atoms with Crippen molar-refractivity contribution in [2.75, 3.05) is 10.5 Å². The molecule has 0 radical (unpaired) electrons. The molecule has 2 aromatic rings. The van der Waals surface area contributed by atoms with Gasteiger partial charge in [-0.05, 0) is 30.7 Å². The topological polar surface area (TPSA) is 94.2 Å². The number of halogens is 1. The molecule has 0 bridgehead atoms. The molecule has 0 amide bonds. The summed E-state index contributed by atoms with van der Waals surface area (Å²) in [7, 11) is -2.25. The lowest BCUT2D eigenvalue weighted by Crippen LogP contribution is -2.19. The Morgan fingerprint density at radius 2 is 1.95 bits per heavy atom. The van der Waals surface area contributed by atoms with Crippen LogP contribution in [-0.2, 0) is 17.1 Å². The Balaban J connectivity index is 2.48. The number of nitrogen functional groups attached to an aromatic ring is 1. The summed E-state index contributed by atoms with van der Waals surface area (Å²) in [6.45, 7) is 1.64. The van der Waals surface area contributed by atoms with Gasteiger partial charge in [0.15, 0.2) is 0 Å². The third-order valence-electron chi connectivity index (χ3n) is 2.99. The minimum atomic E-state index is -3.79. The van der Waals surface area contributed by atoms with Gasteiger partial charge >= 0.3 is 0 Å². The summed E-state index contributed by atoms with van der Waals surface area (Å²) in [6.07, 6.45) is 1.41. The fraction of sp³-hybridized carbons (Fsp3) is 0.154. The Hall–Kier alpha value is -1.80. The summed E-state index contributed by atoms with van der Waals surface area (Å²) in [5, 5.41) is 0. The van der Waals surface area contributed by atoms with Crippen LogP contribution in [0.1, 0.15) is 5.56 Å². The maximum Gasteiger partial charge on any atom is 0.262 e. The molecule has 6 nitrogen and oxygen atoms in total. The quantitative estimate of drug-likeness (QED) is 0.804. The Bertz CT molecular complexity index is 859. The highest BCUT2D eigenvalue weighted by Crippen LogP contribution is 2.27. The van der Waals surface area contributed by atoms with E-state index in [1.165, 1.54) is 29.0 Å². The van der Waals surface area contributed by atoms with E-state index < -0.39 is 10.0 Å². The third kappa shape index (κ3) is 3.27. The van der Waals surface area contributed by atoms with Gasteiger partial charge in [-0.1, -0.05) is 15.9 Å². The second-order valence-corrected chi connectivity index (χ2v) is 7.16. The first-order chi connectivity index (χ1) is 9.70. The molecule has 0 atom stereocenters. The largest absolute Gasteiger partial charge is 0.398 e.